The van der Waals surface area contributed by atoms with E-state index in [0.717, 1.165) is 88.4 Å². The SMILES string of the molecule is CCCCc1c(OCCCN(CC)CC)cc(N)c(N)c1OCCCN(CC)CC. The fourth-order valence-corrected chi connectivity index (χ4v) is 3.61. The zero-order valence-electron chi connectivity index (χ0n) is 20.1. The molecule has 174 valence electrons. The molecular weight excluding hydrogens is 376 g/mol. The minimum Gasteiger partial charge on any atom is -0.493 e. The molecule has 0 spiro atoms. The highest BCUT2D eigenvalue weighted by atomic mass is 16.5. The molecule has 1 rings (SSSR count). The highest BCUT2D eigenvalue weighted by Gasteiger charge is 2.18. The van der Waals surface area contributed by atoms with Crippen molar-refractivity contribution in [3.8, 4) is 11.5 Å². The first-order valence-corrected chi connectivity index (χ1v) is 11.9. The molecule has 0 amide bonds. The van der Waals surface area contributed by atoms with Gasteiger partial charge in [-0.1, -0.05) is 41.0 Å². The predicted octanol–water partition coefficient (Wildman–Crippen LogP) is 4.42. The largest absolute Gasteiger partial charge is 0.493 e. The van der Waals surface area contributed by atoms with Crippen LogP contribution in [0.1, 0.15) is 65.9 Å². The number of unbranched alkanes of at least 4 members (excludes halogenated alkanes) is 1. The van der Waals surface area contributed by atoms with E-state index < -0.39 is 0 Å². The molecule has 0 bridgehead atoms. The second-order valence-electron chi connectivity index (χ2n) is 7.75. The molecule has 1 aromatic rings. The van der Waals surface area contributed by atoms with Crippen molar-refractivity contribution in [2.24, 2.45) is 0 Å². The van der Waals surface area contributed by atoms with Gasteiger partial charge in [-0.2, -0.15) is 0 Å². The number of nitrogens with zero attached hydrogens (tertiary/aromatic N) is 2. The number of nitrogen functional groups attached to an aromatic ring is 2. The molecule has 1 aromatic carbocycles. The second kappa shape index (κ2) is 15.2. The van der Waals surface area contributed by atoms with Crippen molar-refractivity contribution in [3.63, 3.8) is 0 Å². The summed E-state index contributed by atoms with van der Waals surface area (Å²) in [7, 11) is 0. The number of hydrogen-bond acceptors (Lipinski definition) is 6. The summed E-state index contributed by atoms with van der Waals surface area (Å²) in [5, 5.41) is 0. The maximum Gasteiger partial charge on any atom is 0.151 e. The van der Waals surface area contributed by atoms with Crippen molar-refractivity contribution < 1.29 is 9.47 Å². The van der Waals surface area contributed by atoms with Gasteiger partial charge in [-0.25, -0.2) is 0 Å². The molecular formula is C24H46N4O2. The van der Waals surface area contributed by atoms with E-state index in [1.54, 1.807) is 0 Å². The lowest BCUT2D eigenvalue weighted by Gasteiger charge is -2.22. The number of ether oxygens (including phenoxy) is 2. The van der Waals surface area contributed by atoms with Crippen molar-refractivity contribution in [2.45, 2.75) is 66.7 Å². The van der Waals surface area contributed by atoms with Gasteiger partial charge in [0, 0.05) is 24.7 Å². The van der Waals surface area contributed by atoms with Crippen LogP contribution in [0.2, 0.25) is 0 Å². The van der Waals surface area contributed by atoms with Crippen LogP contribution < -0.4 is 20.9 Å². The lowest BCUT2D eigenvalue weighted by Crippen LogP contribution is -2.25. The smallest absolute Gasteiger partial charge is 0.151 e. The van der Waals surface area contributed by atoms with Crippen LogP contribution in [-0.4, -0.2) is 62.3 Å². The summed E-state index contributed by atoms with van der Waals surface area (Å²) in [5.74, 6) is 1.55. The number of hydrogen-bond donors (Lipinski definition) is 2. The van der Waals surface area contributed by atoms with Crippen LogP contribution in [0.15, 0.2) is 6.07 Å². The number of nitrogens with two attached hydrogens (primary N) is 2. The Kier molecular flexibility index (Phi) is 13.4. The van der Waals surface area contributed by atoms with Gasteiger partial charge in [-0.3, -0.25) is 0 Å². The molecule has 0 saturated carbocycles. The molecule has 0 aliphatic heterocycles. The molecule has 0 fully saturated rings. The highest BCUT2D eigenvalue weighted by Crippen LogP contribution is 2.40. The minimum atomic E-state index is 0.535. The van der Waals surface area contributed by atoms with Crippen LogP contribution in [0.3, 0.4) is 0 Å². The molecule has 0 heterocycles. The van der Waals surface area contributed by atoms with Gasteiger partial charge in [0.05, 0.1) is 24.6 Å². The molecule has 0 unspecified atom stereocenters. The summed E-state index contributed by atoms with van der Waals surface area (Å²) >= 11 is 0. The highest BCUT2D eigenvalue weighted by molar-refractivity contribution is 5.76. The normalized spacial score (nSPS) is 11.4. The zero-order valence-corrected chi connectivity index (χ0v) is 20.1. The zero-order chi connectivity index (χ0) is 22.4. The van der Waals surface area contributed by atoms with Gasteiger partial charge in [0.25, 0.3) is 0 Å². The van der Waals surface area contributed by atoms with Crippen LogP contribution >= 0.6 is 0 Å². The van der Waals surface area contributed by atoms with Crippen molar-refractivity contribution in [2.75, 3.05) is 63.9 Å². The topological polar surface area (TPSA) is 77.0 Å². The van der Waals surface area contributed by atoms with Gasteiger partial charge >= 0.3 is 0 Å². The Morgan fingerprint density at radius 1 is 0.767 bits per heavy atom. The maximum absolute atomic E-state index is 6.33. The number of benzene rings is 1. The van der Waals surface area contributed by atoms with Crippen LogP contribution in [0.5, 0.6) is 11.5 Å². The second-order valence-corrected chi connectivity index (χ2v) is 7.75. The van der Waals surface area contributed by atoms with Crippen molar-refractivity contribution in [1.29, 1.82) is 0 Å². The van der Waals surface area contributed by atoms with E-state index in [1.807, 2.05) is 6.07 Å². The molecule has 4 N–H and O–H groups in total. The van der Waals surface area contributed by atoms with Gasteiger partial charge in [0.15, 0.2) is 5.75 Å². The minimum absolute atomic E-state index is 0.535. The molecule has 6 heteroatoms. The fraction of sp³-hybridized carbons (Fsp3) is 0.750. The lowest BCUT2D eigenvalue weighted by atomic mass is 10.0. The summed E-state index contributed by atoms with van der Waals surface area (Å²) in [6.45, 7) is 18.6. The predicted molar refractivity (Wildman–Crippen MR) is 130 cm³/mol. The summed E-state index contributed by atoms with van der Waals surface area (Å²) in [6.07, 6.45) is 5.00. The van der Waals surface area contributed by atoms with Gasteiger partial charge in [0.2, 0.25) is 0 Å². The summed E-state index contributed by atoms with van der Waals surface area (Å²) in [6, 6.07) is 1.88. The number of rotatable bonds is 17. The third-order valence-corrected chi connectivity index (χ3v) is 5.72. The van der Waals surface area contributed by atoms with Crippen LogP contribution in [-0.2, 0) is 6.42 Å². The lowest BCUT2D eigenvalue weighted by molar-refractivity contribution is 0.240. The van der Waals surface area contributed by atoms with E-state index in [9.17, 15) is 0 Å². The molecule has 0 radical (unpaired) electrons. The van der Waals surface area contributed by atoms with E-state index in [4.69, 9.17) is 20.9 Å². The third kappa shape index (κ3) is 8.60. The van der Waals surface area contributed by atoms with E-state index >= 15 is 0 Å². The molecule has 0 aliphatic carbocycles. The Labute approximate surface area is 184 Å². The monoisotopic (exact) mass is 422 g/mol. The average Bonchev–Trinajstić information content (AvgIpc) is 2.76. The fourth-order valence-electron chi connectivity index (χ4n) is 3.61. The van der Waals surface area contributed by atoms with Crippen LogP contribution in [0, 0.1) is 0 Å². The van der Waals surface area contributed by atoms with Crippen LogP contribution in [0.4, 0.5) is 11.4 Å². The van der Waals surface area contributed by atoms with Crippen molar-refractivity contribution >= 4 is 11.4 Å². The molecule has 30 heavy (non-hydrogen) atoms. The Morgan fingerprint density at radius 2 is 1.30 bits per heavy atom. The summed E-state index contributed by atoms with van der Waals surface area (Å²) < 4.78 is 12.4. The van der Waals surface area contributed by atoms with Gasteiger partial charge in [-0.05, 0) is 51.9 Å². The van der Waals surface area contributed by atoms with Gasteiger partial charge in [-0.15, -0.1) is 0 Å². The third-order valence-electron chi connectivity index (χ3n) is 5.72. The van der Waals surface area contributed by atoms with Crippen LogP contribution in [0.25, 0.3) is 0 Å². The van der Waals surface area contributed by atoms with E-state index in [2.05, 4.69) is 44.4 Å². The standard InChI is InChI=1S/C24H46N4O2/c1-6-11-14-20-22(29-17-12-15-27(7-2)8-3)19-21(25)23(26)24(20)30-18-13-16-28(9-4)10-5/h19H,6-18,25-26H2,1-5H3. The van der Waals surface area contributed by atoms with E-state index in [-0.39, 0.29) is 0 Å². The quantitative estimate of drug-likeness (QED) is 0.286. The first-order valence-electron chi connectivity index (χ1n) is 11.9. The van der Waals surface area contributed by atoms with Gasteiger partial charge in [0.1, 0.15) is 5.75 Å². The summed E-state index contributed by atoms with van der Waals surface area (Å²) in [4.78, 5) is 4.80. The molecule has 0 aromatic heterocycles. The molecule has 0 saturated heterocycles. The van der Waals surface area contributed by atoms with Crippen molar-refractivity contribution in [3.05, 3.63) is 11.6 Å². The Balaban J connectivity index is 2.86. The van der Waals surface area contributed by atoms with Gasteiger partial charge < -0.3 is 30.7 Å². The summed E-state index contributed by atoms with van der Waals surface area (Å²) in [5.41, 5.74) is 14.7. The maximum atomic E-state index is 6.33. The number of anilines is 2. The Morgan fingerprint density at radius 3 is 1.80 bits per heavy atom. The molecule has 0 aliphatic rings. The first kappa shape index (κ1) is 26.4. The van der Waals surface area contributed by atoms with E-state index in [1.165, 1.54) is 0 Å². The Bertz CT molecular complexity index is 587. The van der Waals surface area contributed by atoms with Crippen molar-refractivity contribution in [1.82, 2.24) is 9.80 Å². The van der Waals surface area contributed by atoms with E-state index in [0.29, 0.717) is 24.6 Å². The molecule has 6 nitrogen and oxygen atoms in total. The average molecular weight is 423 g/mol. The molecule has 0 atom stereocenters. The Hall–Kier alpha value is -1.66. The first-order chi connectivity index (χ1) is 14.5.